The Labute approximate surface area is 248 Å². The number of rotatable bonds is 10. The second kappa shape index (κ2) is 13.8. The lowest BCUT2D eigenvalue weighted by atomic mass is 9.99. The van der Waals surface area contributed by atoms with Crippen LogP contribution < -0.4 is 15.5 Å². The standard InChI is InChI=1S/C32H32N4O3S2/c1-5-36(23-11-7-6-8-12-23)28(19-25-20-35-21(2)40-25)29(37)30(32(39)34-4)41-24-17-15-22(16-18-24)26-13-9-10-14-27(26)31(38)33-3/h6-20,37H,5H2,1-4H3,(H,33,38)(H,34,39)/b28-19-,30-29-. The molecule has 0 aliphatic rings. The summed E-state index contributed by atoms with van der Waals surface area (Å²) in [4.78, 5) is 33.6. The van der Waals surface area contributed by atoms with E-state index in [1.165, 1.54) is 23.1 Å². The van der Waals surface area contributed by atoms with E-state index in [9.17, 15) is 14.7 Å². The smallest absolute Gasteiger partial charge is 0.261 e. The van der Waals surface area contributed by atoms with Crippen LogP contribution in [0.5, 0.6) is 0 Å². The number of anilines is 1. The van der Waals surface area contributed by atoms with Crippen LogP contribution in [0.1, 0.15) is 27.2 Å². The Bertz CT molecular complexity index is 1580. The number of thiazole rings is 1. The van der Waals surface area contributed by atoms with E-state index >= 15 is 0 Å². The van der Waals surface area contributed by atoms with E-state index in [1.54, 1.807) is 26.4 Å². The maximum Gasteiger partial charge on any atom is 0.261 e. The molecule has 0 unspecified atom stereocenters. The van der Waals surface area contributed by atoms with Gasteiger partial charge in [-0.1, -0.05) is 60.3 Å². The molecule has 0 saturated carbocycles. The average Bonchev–Trinajstić information content (AvgIpc) is 3.43. The molecule has 0 aliphatic carbocycles. The molecule has 0 saturated heterocycles. The summed E-state index contributed by atoms with van der Waals surface area (Å²) >= 11 is 2.68. The number of aliphatic hydroxyl groups excluding tert-OH is 1. The molecule has 0 spiro atoms. The Morgan fingerprint density at radius 3 is 2.27 bits per heavy atom. The molecule has 41 heavy (non-hydrogen) atoms. The molecule has 210 valence electrons. The summed E-state index contributed by atoms with van der Waals surface area (Å²) in [5.74, 6) is -0.708. The van der Waals surface area contributed by atoms with Crippen LogP contribution in [-0.2, 0) is 4.79 Å². The van der Waals surface area contributed by atoms with Crippen LogP contribution in [0.4, 0.5) is 5.69 Å². The van der Waals surface area contributed by atoms with Crippen LogP contribution in [0.2, 0.25) is 0 Å². The molecule has 0 atom stereocenters. The fourth-order valence-electron chi connectivity index (χ4n) is 4.27. The second-order valence-electron chi connectivity index (χ2n) is 8.90. The van der Waals surface area contributed by atoms with E-state index in [-0.39, 0.29) is 16.6 Å². The van der Waals surface area contributed by atoms with Crippen LogP contribution in [0.25, 0.3) is 17.2 Å². The second-order valence-corrected chi connectivity index (χ2v) is 11.2. The van der Waals surface area contributed by atoms with Crippen molar-refractivity contribution in [3.63, 3.8) is 0 Å². The first-order chi connectivity index (χ1) is 19.9. The third-order valence-corrected chi connectivity index (χ3v) is 8.22. The molecular formula is C32H32N4O3S2. The maximum atomic E-state index is 13.2. The predicted molar refractivity (Wildman–Crippen MR) is 169 cm³/mol. The van der Waals surface area contributed by atoms with Crippen molar-refractivity contribution in [3.8, 4) is 11.1 Å². The van der Waals surface area contributed by atoms with Crippen LogP contribution >= 0.6 is 23.1 Å². The molecule has 7 nitrogen and oxygen atoms in total. The van der Waals surface area contributed by atoms with Crippen molar-refractivity contribution >= 4 is 46.7 Å². The number of hydrogen-bond acceptors (Lipinski definition) is 7. The van der Waals surface area contributed by atoms with Gasteiger partial charge in [0.15, 0.2) is 5.76 Å². The zero-order valence-electron chi connectivity index (χ0n) is 23.3. The van der Waals surface area contributed by atoms with Gasteiger partial charge in [0.1, 0.15) is 4.91 Å². The molecule has 2 amide bonds. The number of hydrogen-bond donors (Lipinski definition) is 3. The highest BCUT2D eigenvalue weighted by Crippen LogP contribution is 2.36. The number of likely N-dealkylation sites (N-methyl/N-ethyl adjacent to an activating group) is 2. The van der Waals surface area contributed by atoms with Crippen molar-refractivity contribution in [2.24, 2.45) is 0 Å². The number of nitrogens with zero attached hydrogens (tertiary/aromatic N) is 2. The van der Waals surface area contributed by atoms with Crippen molar-refractivity contribution in [1.29, 1.82) is 0 Å². The number of aryl methyl sites for hydroxylation is 1. The van der Waals surface area contributed by atoms with E-state index in [2.05, 4.69) is 15.6 Å². The number of thioether (sulfide) groups is 1. The van der Waals surface area contributed by atoms with Crippen molar-refractivity contribution < 1.29 is 14.7 Å². The highest BCUT2D eigenvalue weighted by Gasteiger charge is 2.24. The number of benzene rings is 3. The Morgan fingerprint density at radius 2 is 1.66 bits per heavy atom. The van der Waals surface area contributed by atoms with Crippen LogP contribution in [0.15, 0.2) is 106 Å². The van der Waals surface area contributed by atoms with Gasteiger partial charge in [0.2, 0.25) is 0 Å². The number of aliphatic hydroxyl groups is 1. The summed E-state index contributed by atoms with van der Waals surface area (Å²) < 4.78 is 0. The zero-order valence-corrected chi connectivity index (χ0v) is 25.0. The van der Waals surface area contributed by atoms with Gasteiger partial charge in [0.25, 0.3) is 11.8 Å². The van der Waals surface area contributed by atoms with Gasteiger partial charge in [0, 0.05) is 47.9 Å². The first kappa shape index (κ1) is 29.6. The summed E-state index contributed by atoms with van der Waals surface area (Å²) in [6, 6.07) is 24.7. The molecule has 0 radical (unpaired) electrons. The lowest BCUT2D eigenvalue weighted by Crippen LogP contribution is -2.26. The minimum absolute atomic E-state index is 0.139. The quantitative estimate of drug-likeness (QED) is 0.0836. The van der Waals surface area contributed by atoms with Crippen molar-refractivity contribution in [2.45, 2.75) is 18.7 Å². The van der Waals surface area contributed by atoms with Crippen LogP contribution in [0, 0.1) is 6.92 Å². The molecule has 1 heterocycles. The number of para-hydroxylation sites is 1. The largest absolute Gasteiger partial charge is 0.504 e. The van der Waals surface area contributed by atoms with E-state index in [0.717, 1.165) is 31.6 Å². The van der Waals surface area contributed by atoms with Gasteiger partial charge >= 0.3 is 0 Å². The molecule has 0 fully saturated rings. The molecule has 4 rings (SSSR count). The first-order valence-corrected chi connectivity index (χ1v) is 14.7. The minimum Gasteiger partial charge on any atom is -0.504 e. The van der Waals surface area contributed by atoms with Gasteiger partial charge in [-0.05, 0) is 61.4 Å². The Balaban J connectivity index is 1.77. The van der Waals surface area contributed by atoms with E-state index in [1.807, 2.05) is 97.6 Å². The lowest BCUT2D eigenvalue weighted by Gasteiger charge is -2.27. The van der Waals surface area contributed by atoms with E-state index in [4.69, 9.17) is 0 Å². The van der Waals surface area contributed by atoms with Gasteiger partial charge in [-0.2, -0.15) is 0 Å². The Hall–Kier alpha value is -4.34. The first-order valence-electron chi connectivity index (χ1n) is 13.1. The molecule has 0 bridgehead atoms. The zero-order chi connectivity index (χ0) is 29.4. The molecule has 3 aromatic carbocycles. The summed E-state index contributed by atoms with van der Waals surface area (Å²) in [6.07, 6.45) is 3.62. The number of aromatic nitrogens is 1. The summed E-state index contributed by atoms with van der Waals surface area (Å²) in [5.41, 5.74) is 3.62. The van der Waals surface area contributed by atoms with Gasteiger partial charge in [-0.25, -0.2) is 4.98 Å². The topological polar surface area (TPSA) is 94.6 Å². The van der Waals surface area contributed by atoms with Crippen molar-refractivity contribution in [1.82, 2.24) is 15.6 Å². The normalized spacial score (nSPS) is 12.0. The predicted octanol–water partition coefficient (Wildman–Crippen LogP) is 6.65. The van der Waals surface area contributed by atoms with Gasteiger partial charge in [0.05, 0.1) is 10.7 Å². The molecule has 1 aromatic heterocycles. The highest BCUT2D eigenvalue weighted by molar-refractivity contribution is 8.04. The minimum atomic E-state index is -0.406. The van der Waals surface area contributed by atoms with Gasteiger partial charge in [-0.15, -0.1) is 11.3 Å². The van der Waals surface area contributed by atoms with Crippen LogP contribution in [0.3, 0.4) is 0 Å². The summed E-state index contributed by atoms with van der Waals surface area (Å²) in [5, 5.41) is 18.0. The number of amides is 2. The summed E-state index contributed by atoms with van der Waals surface area (Å²) in [7, 11) is 3.15. The van der Waals surface area contributed by atoms with E-state index < -0.39 is 5.91 Å². The lowest BCUT2D eigenvalue weighted by molar-refractivity contribution is -0.116. The van der Waals surface area contributed by atoms with Crippen molar-refractivity contribution in [2.75, 3.05) is 25.5 Å². The SMILES string of the molecule is CCN(C(=C\c1cnc(C)s1)/C(O)=C(/Sc1ccc(-c2ccccc2C(=O)NC)cc1)C(=O)NC)c1ccccc1. The third kappa shape index (κ3) is 7.06. The molecule has 3 N–H and O–H groups in total. The van der Waals surface area contributed by atoms with Crippen molar-refractivity contribution in [3.05, 3.63) is 117 Å². The Kier molecular flexibility index (Phi) is 10.00. The van der Waals surface area contributed by atoms with E-state index in [0.29, 0.717) is 17.8 Å². The number of carbonyl (C=O) groups is 2. The van der Waals surface area contributed by atoms with Gasteiger partial charge in [-0.3, -0.25) is 9.59 Å². The molecular weight excluding hydrogens is 553 g/mol. The average molecular weight is 585 g/mol. The highest BCUT2D eigenvalue weighted by atomic mass is 32.2. The Morgan fingerprint density at radius 1 is 0.976 bits per heavy atom. The molecule has 9 heteroatoms. The van der Waals surface area contributed by atoms with Crippen LogP contribution in [-0.4, -0.2) is 42.5 Å². The monoisotopic (exact) mass is 584 g/mol. The molecule has 4 aromatic rings. The fraction of sp³-hybridized carbons (Fsp3) is 0.156. The third-order valence-electron chi connectivity index (χ3n) is 6.27. The van der Waals surface area contributed by atoms with Gasteiger partial charge < -0.3 is 20.6 Å². The number of nitrogens with one attached hydrogen (secondary N) is 2. The fourth-order valence-corrected chi connectivity index (χ4v) is 5.90. The molecule has 0 aliphatic heterocycles. The number of carbonyl (C=O) groups excluding carboxylic acids is 2. The maximum absolute atomic E-state index is 13.2. The summed E-state index contributed by atoms with van der Waals surface area (Å²) in [6.45, 7) is 4.48.